The average Bonchev–Trinajstić information content (AvgIpc) is 2.56. The third kappa shape index (κ3) is 15.4. The number of amides is 2. The van der Waals surface area contributed by atoms with E-state index in [1.165, 1.54) is 0 Å². The monoisotopic (exact) mass is 382 g/mol. The van der Waals surface area contributed by atoms with Crippen molar-refractivity contribution in [2.24, 2.45) is 11.5 Å². The molecule has 0 radical (unpaired) electrons. The lowest BCUT2D eigenvalue weighted by molar-refractivity contribution is -0.140. The van der Waals surface area contributed by atoms with Crippen LogP contribution in [0.4, 0.5) is 0 Å². The number of aliphatic hydroxyl groups is 1. The van der Waals surface area contributed by atoms with Crippen molar-refractivity contribution >= 4 is 35.5 Å². The fourth-order valence-electron chi connectivity index (χ4n) is 1.14. The molecule has 0 aliphatic carbocycles. The fraction of sp³-hybridized carbons (Fsp3) is 0.692. The lowest BCUT2D eigenvalue weighted by Gasteiger charge is -2.10. The van der Waals surface area contributed by atoms with Crippen LogP contribution in [0.3, 0.4) is 0 Å². The SMILES string of the molecule is CSCCC(N)C(=O)O.NC(CCO)C(=O)O.O=C1NCCNC1=O. The van der Waals surface area contributed by atoms with Crippen molar-refractivity contribution in [3.63, 3.8) is 0 Å². The molecule has 0 bridgehead atoms. The molecule has 0 spiro atoms. The number of hydrogen-bond donors (Lipinski definition) is 7. The maximum atomic E-state index is 10.3. The van der Waals surface area contributed by atoms with Gasteiger partial charge in [-0.3, -0.25) is 19.2 Å². The molecule has 0 aromatic heterocycles. The van der Waals surface area contributed by atoms with Crippen LogP contribution in [-0.2, 0) is 19.2 Å². The summed E-state index contributed by atoms with van der Waals surface area (Å²) in [5.41, 5.74) is 10.2. The first-order chi connectivity index (χ1) is 11.7. The second-order valence-electron chi connectivity index (χ2n) is 4.70. The molecule has 0 saturated carbocycles. The lowest BCUT2D eigenvalue weighted by atomic mass is 10.2. The van der Waals surface area contributed by atoms with Crippen LogP contribution >= 0.6 is 11.8 Å². The summed E-state index contributed by atoms with van der Waals surface area (Å²) in [4.78, 5) is 40.5. The number of nitrogens with two attached hydrogens (primary N) is 2. The van der Waals surface area contributed by atoms with Gasteiger partial charge in [0.2, 0.25) is 0 Å². The Hall–Kier alpha value is -1.89. The molecule has 1 heterocycles. The smallest absolute Gasteiger partial charge is 0.320 e. The van der Waals surface area contributed by atoms with Crippen molar-refractivity contribution in [2.45, 2.75) is 24.9 Å². The minimum Gasteiger partial charge on any atom is -0.480 e. The number of rotatable bonds is 7. The number of carbonyl (C=O) groups excluding carboxylic acids is 2. The molecule has 0 aromatic carbocycles. The molecule has 2 unspecified atom stereocenters. The number of aliphatic carboxylic acids is 2. The number of carbonyl (C=O) groups is 4. The zero-order chi connectivity index (χ0) is 19.8. The van der Waals surface area contributed by atoms with E-state index in [2.05, 4.69) is 10.6 Å². The molecule has 146 valence electrons. The van der Waals surface area contributed by atoms with Crippen molar-refractivity contribution in [1.82, 2.24) is 10.6 Å². The van der Waals surface area contributed by atoms with Gasteiger partial charge in [-0.2, -0.15) is 11.8 Å². The summed E-state index contributed by atoms with van der Waals surface area (Å²) in [6.07, 6.45) is 2.60. The predicted octanol–water partition coefficient (Wildman–Crippen LogP) is -2.84. The number of thioether (sulfide) groups is 1. The third-order valence-electron chi connectivity index (χ3n) is 2.61. The summed E-state index contributed by atoms with van der Waals surface area (Å²) in [5.74, 6) is -2.23. The average molecular weight is 382 g/mol. The van der Waals surface area contributed by atoms with E-state index < -0.39 is 35.8 Å². The Balaban J connectivity index is 0. The molecule has 1 fully saturated rings. The van der Waals surface area contributed by atoms with Gasteiger partial charge in [0.25, 0.3) is 0 Å². The Morgan fingerprint density at radius 3 is 1.68 bits per heavy atom. The number of piperazine rings is 1. The van der Waals surface area contributed by atoms with Crippen LogP contribution in [-0.4, -0.2) is 82.9 Å². The van der Waals surface area contributed by atoms with E-state index in [1.54, 1.807) is 11.8 Å². The summed E-state index contributed by atoms with van der Waals surface area (Å²) in [7, 11) is 0. The zero-order valence-electron chi connectivity index (χ0n) is 13.9. The van der Waals surface area contributed by atoms with Gasteiger partial charge in [0, 0.05) is 19.7 Å². The number of nitrogens with one attached hydrogen (secondary N) is 2. The van der Waals surface area contributed by atoms with Gasteiger partial charge in [-0.05, 0) is 24.9 Å². The van der Waals surface area contributed by atoms with Gasteiger partial charge in [-0.1, -0.05) is 0 Å². The molecular formula is C13H26N4O7S. The molecular weight excluding hydrogens is 356 g/mol. The van der Waals surface area contributed by atoms with Crippen LogP contribution < -0.4 is 22.1 Å². The van der Waals surface area contributed by atoms with Crippen molar-refractivity contribution in [3.8, 4) is 0 Å². The second-order valence-corrected chi connectivity index (χ2v) is 5.68. The van der Waals surface area contributed by atoms with Crippen LogP contribution in [0.1, 0.15) is 12.8 Å². The molecule has 9 N–H and O–H groups in total. The van der Waals surface area contributed by atoms with Gasteiger partial charge < -0.3 is 37.4 Å². The van der Waals surface area contributed by atoms with Gasteiger partial charge in [0.1, 0.15) is 12.1 Å². The highest BCUT2D eigenvalue weighted by Crippen LogP contribution is 1.97. The van der Waals surface area contributed by atoms with E-state index in [4.69, 9.17) is 26.8 Å². The van der Waals surface area contributed by atoms with E-state index in [0.717, 1.165) is 5.75 Å². The van der Waals surface area contributed by atoms with Crippen LogP contribution in [0, 0.1) is 0 Å². The molecule has 1 rings (SSSR count). The zero-order valence-corrected chi connectivity index (χ0v) is 14.8. The molecule has 25 heavy (non-hydrogen) atoms. The van der Waals surface area contributed by atoms with Crippen molar-refractivity contribution in [2.75, 3.05) is 31.7 Å². The Kier molecular flexibility index (Phi) is 15.8. The Labute approximate surface area is 149 Å². The second kappa shape index (κ2) is 15.6. The summed E-state index contributed by atoms with van der Waals surface area (Å²) in [6.45, 7) is 0.919. The van der Waals surface area contributed by atoms with Crippen LogP contribution in [0.2, 0.25) is 0 Å². The first kappa shape index (κ1) is 25.4. The van der Waals surface area contributed by atoms with E-state index in [1.807, 2.05) is 6.26 Å². The van der Waals surface area contributed by atoms with Crippen molar-refractivity contribution < 1.29 is 34.5 Å². The fourth-order valence-corrected chi connectivity index (χ4v) is 1.63. The normalized spacial score (nSPS) is 15.2. The number of hydrogen-bond acceptors (Lipinski definition) is 8. The first-order valence-corrected chi connectivity index (χ1v) is 8.69. The minimum absolute atomic E-state index is 0.120. The van der Waals surface area contributed by atoms with Gasteiger partial charge in [-0.15, -0.1) is 0 Å². The maximum Gasteiger partial charge on any atom is 0.320 e. The summed E-state index contributed by atoms with van der Waals surface area (Å²) < 4.78 is 0. The number of carboxylic acids is 2. The van der Waals surface area contributed by atoms with Crippen LogP contribution in [0.5, 0.6) is 0 Å². The van der Waals surface area contributed by atoms with Gasteiger partial charge in [0.05, 0.1) is 0 Å². The number of carboxylic acid groups (broad SMARTS) is 2. The standard InChI is InChI=1S/C5H11NO2S.C4H6N2O2.C4H9NO3/c1-9-3-2-4(6)5(7)8;7-3-4(8)6-2-1-5-3;5-3(1-2-6)4(7)8/h4H,2-3,6H2,1H3,(H,7,8);1-2H2,(H,5,7)(H,6,8);3,6H,1-2,5H2,(H,7,8). The maximum absolute atomic E-state index is 10.3. The molecule has 2 amide bonds. The highest BCUT2D eigenvalue weighted by Gasteiger charge is 2.15. The van der Waals surface area contributed by atoms with Crippen LogP contribution in [0.25, 0.3) is 0 Å². The van der Waals surface area contributed by atoms with E-state index in [-0.39, 0.29) is 13.0 Å². The highest BCUT2D eigenvalue weighted by atomic mass is 32.2. The number of aliphatic hydroxyl groups excluding tert-OH is 1. The summed E-state index contributed by atoms with van der Waals surface area (Å²) in [6, 6.07) is -1.60. The largest absolute Gasteiger partial charge is 0.480 e. The Morgan fingerprint density at radius 2 is 1.44 bits per heavy atom. The third-order valence-corrected chi connectivity index (χ3v) is 3.25. The lowest BCUT2D eigenvalue weighted by Crippen LogP contribution is -2.49. The minimum atomic E-state index is -1.07. The van der Waals surface area contributed by atoms with Crippen molar-refractivity contribution in [3.05, 3.63) is 0 Å². The molecule has 1 aliphatic heterocycles. The topological polar surface area (TPSA) is 205 Å². The highest BCUT2D eigenvalue weighted by molar-refractivity contribution is 7.98. The van der Waals surface area contributed by atoms with Crippen LogP contribution in [0.15, 0.2) is 0 Å². The molecule has 1 aliphatic rings. The molecule has 1 saturated heterocycles. The van der Waals surface area contributed by atoms with Crippen molar-refractivity contribution in [1.29, 1.82) is 0 Å². The van der Waals surface area contributed by atoms with Gasteiger partial charge >= 0.3 is 23.8 Å². The quantitative estimate of drug-likeness (QED) is 0.225. The van der Waals surface area contributed by atoms with E-state index in [9.17, 15) is 19.2 Å². The van der Waals surface area contributed by atoms with E-state index >= 15 is 0 Å². The first-order valence-electron chi connectivity index (χ1n) is 7.29. The van der Waals surface area contributed by atoms with Gasteiger partial charge in [0.15, 0.2) is 0 Å². The van der Waals surface area contributed by atoms with E-state index in [0.29, 0.717) is 19.5 Å². The van der Waals surface area contributed by atoms with Gasteiger partial charge in [-0.25, -0.2) is 0 Å². The Bertz CT molecular complexity index is 421. The summed E-state index contributed by atoms with van der Waals surface area (Å²) >= 11 is 1.60. The molecule has 12 heteroatoms. The Morgan fingerprint density at radius 1 is 1.04 bits per heavy atom. The molecule has 11 nitrogen and oxygen atoms in total. The molecule has 0 aromatic rings. The summed E-state index contributed by atoms with van der Waals surface area (Å²) in [5, 5.41) is 29.3. The predicted molar refractivity (Wildman–Crippen MR) is 91.9 cm³/mol. The molecule has 2 atom stereocenters.